The lowest BCUT2D eigenvalue weighted by Gasteiger charge is -2.26. The van der Waals surface area contributed by atoms with Gasteiger partial charge in [-0.15, -0.1) is 11.3 Å². The summed E-state index contributed by atoms with van der Waals surface area (Å²) in [6.07, 6.45) is 0. The molecule has 0 atom stereocenters. The number of hydrogen-bond donors (Lipinski definition) is 0. The second kappa shape index (κ2) is 11.3. The van der Waals surface area contributed by atoms with Gasteiger partial charge in [0.1, 0.15) is 0 Å². The number of thiophene rings is 1. The third kappa shape index (κ3) is 4.76. The fraction of sp³-hybridized carbons (Fsp3) is 0. The molecule has 0 bridgehead atoms. The van der Waals surface area contributed by atoms with E-state index in [0.717, 1.165) is 11.4 Å². The smallest absolute Gasteiger partial charge is 0.0640 e. The van der Waals surface area contributed by atoms with Gasteiger partial charge < -0.3 is 4.90 Å². The lowest BCUT2D eigenvalue weighted by molar-refractivity contribution is 1.30. The van der Waals surface area contributed by atoms with Crippen LogP contribution in [0, 0.1) is 0 Å². The number of fused-ring (bicyclic) bond motifs is 3. The zero-order valence-electron chi connectivity index (χ0n) is 24.1. The Labute approximate surface area is 261 Å². The van der Waals surface area contributed by atoms with E-state index in [2.05, 4.69) is 181 Å². The maximum absolute atomic E-state index is 2.38. The minimum absolute atomic E-state index is 1.13. The summed E-state index contributed by atoms with van der Waals surface area (Å²) in [6.45, 7) is 0. The Kier molecular flexibility index (Phi) is 6.75. The van der Waals surface area contributed by atoms with Crippen molar-refractivity contribution >= 4 is 48.6 Å². The van der Waals surface area contributed by atoms with Crippen LogP contribution >= 0.6 is 11.3 Å². The average molecular weight is 580 g/mol. The summed E-state index contributed by atoms with van der Waals surface area (Å²) in [4.78, 5) is 2.38. The van der Waals surface area contributed by atoms with E-state index in [1.54, 1.807) is 0 Å². The molecule has 8 aromatic rings. The normalized spacial score (nSPS) is 11.2. The van der Waals surface area contributed by atoms with Gasteiger partial charge in [-0.3, -0.25) is 0 Å². The molecule has 2 heteroatoms. The number of hydrogen-bond acceptors (Lipinski definition) is 2. The van der Waals surface area contributed by atoms with Gasteiger partial charge in [-0.05, 0) is 75.8 Å². The molecule has 0 amide bonds. The topological polar surface area (TPSA) is 3.24 Å². The van der Waals surface area contributed by atoms with Gasteiger partial charge in [0.05, 0.1) is 10.4 Å². The molecular formula is C42H29NS. The van der Waals surface area contributed by atoms with E-state index >= 15 is 0 Å². The highest BCUT2D eigenvalue weighted by Gasteiger charge is 2.18. The molecule has 8 rings (SSSR count). The van der Waals surface area contributed by atoms with E-state index in [-0.39, 0.29) is 0 Å². The van der Waals surface area contributed by atoms with E-state index in [1.165, 1.54) is 59.2 Å². The van der Waals surface area contributed by atoms with Crippen LogP contribution < -0.4 is 4.90 Å². The number of benzene rings is 7. The fourth-order valence-electron chi connectivity index (χ4n) is 6.17. The monoisotopic (exact) mass is 579 g/mol. The molecule has 0 aliphatic carbocycles. The van der Waals surface area contributed by atoms with Crippen molar-refractivity contribution in [3.63, 3.8) is 0 Å². The highest BCUT2D eigenvalue weighted by Crippen LogP contribution is 2.45. The summed E-state index contributed by atoms with van der Waals surface area (Å²) in [5, 5.41) is 2.61. The van der Waals surface area contributed by atoms with Crippen LogP contribution in [0.25, 0.3) is 53.6 Å². The van der Waals surface area contributed by atoms with Gasteiger partial charge >= 0.3 is 0 Å². The lowest BCUT2D eigenvalue weighted by Crippen LogP contribution is -2.09. The van der Waals surface area contributed by atoms with Crippen LogP contribution in [0.2, 0.25) is 0 Å². The number of nitrogens with zero attached hydrogens (tertiary/aromatic N) is 1. The predicted molar refractivity (Wildman–Crippen MR) is 190 cm³/mol. The van der Waals surface area contributed by atoms with Gasteiger partial charge in [0, 0.05) is 26.8 Å². The molecular weight excluding hydrogens is 551 g/mol. The quantitative estimate of drug-likeness (QED) is 0.189. The predicted octanol–water partition coefficient (Wildman–Crippen LogP) is 12.5. The summed E-state index contributed by atoms with van der Waals surface area (Å²) in [5.74, 6) is 0. The summed E-state index contributed by atoms with van der Waals surface area (Å²) >= 11 is 1.86. The molecule has 208 valence electrons. The molecule has 7 aromatic carbocycles. The second-order valence-corrected chi connectivity index (χ2v) is 12.0. The molecule has 44 heavy (non-hydrogen) atoms. The summed E-state index contributed by atoms with van der Waals surface area (Å²) < 4.78 is 2.61. The third-order valence-corrected chi connectivity index (χ3v) is 9.50. The van der Waals surface area contributed by atoms with Crippen molar-refractivity contribution < 1.29 is 0 Å². The highest BCUT2D eigenvalue weighted by atomic mass is 32.1. The minimum Gasteiger partial charge on any atom is -0.309 e. The van der Waals surface area contributed by atoms with Gasteiger partial charge in [-0.25, -0.2) is 0 Å². The number of anilines is 3. The minimum atomic E-state index is 1.13. The molecule has 1 nitrogen and oxygen atoms in total. The van der Waals surface area contributed by atoms with Crippen LogP contribution in [0.15, 0.2) is 176 Å². The molecule has 0 saturated heterocycles. The number of rotatable bonds is 6. The van der Waals surface area contributed by atoms with Crippen molar-refractivity contribution in [2.75, 3.05) is 4.90 Å². The first-order valence-corrected chi connectivity index (χ1v) is 15.8. The molecule has 0 aliphatic rings. The highest BCUT2D eigenvalue weighted by molar-refractivity contribution is 7.26. The Balaban J connectivity index is 1.24. The first kappa shape index (κ1) is 26.2. The van der Waals surface area contributed by atoms with Crippen molar-refractivity contribution in [2.45, 2.75) is 0 Å². The molecule has 0 radical (unpaired) electrons. The van der Waals surface area contributed by atoms with Gasteiger partial charge in [-0.1, -0.05) is 133 Å². The van der Waals surface area contributed by atoms with Gasteiger partial charge in [-0.2, -0.15) is 0 Å². The van der Waals surface area contributed by atoms with Crippen LogP contribution in [0.4, 0.5) is 17.1 Å². The van der Waals surface area contributed by atoms with Gasteiger partial charge in [0.2, 0.25) is 0 Å². The van der Waals surface area contributed by atoms with Crippen molar-refractivity contribution in [3.8, 4) is 33.4 Å². The molecule has 0 aliphatic heterocycles. The van der Waals surface area contributed by atoms with Crippen LogP contribution in [0.3, 0.4) is 0 Å². The third-order valence-electron chi connectivity index (χ3n) is 8.29. The zero-order chi connectivity index (χ0) is 29.3. The Morgan fingerprint density at radius 3 is 1.66 bits per heavy atom. The average Bonchev–Trinajstić information content (AvgIpc) is 3.49. The first-order chi connectivity index (χ1) is 21.8. The number of para-hydroxylation sites is 1. The Morgan fingerprint density at radius 2 is 0.932 bits per heavy atom. The summed E-state index contributed by atoms with van der Waals surface area (Å²) in [5.41, 5.74) is 10.8. The van der Waals surface area contributed by atoms with Crippen LogP contribution in [0.5, 0.6) is 0 Å². The van der Waals surface area contributed by atoms with Crippen molar-refractivity contribution in [1.82, 2.24) is 0 Å². The Bertz CT molecular complexity index is 2200. The van der Waals surface area contributed by atoms with E-state index in [4.69, 9.17) is 0 Å². The molecule has 0 fully saturated rings. The van der Waals surface area contributed by atoms with E-state index in [9.17, 15) is 0 Å². The molecule has 0 N–H and O–H groups in total. The largest absolute Gasteiger partial charge is 0.309 e. The van der Waals surface area contributed by atoms with E-state index in [0.29, 0.717) is 0 Å². The Hall–Kier alpha value is -5.44. The van der Waals surface area contributed by atoms with Crippen LogP contribution in [-0.4, -0.2) is 0 Å². The SMILES string of the molecule is c1ccc(-c2ccc(-c3ccc(N(c4ccccc4)c4cccc5c4sc4ccccc45)cc3)cc2-c2ccccc2)cc1. The van der Waals surface area contributed by atoms with Crippen LogP contribution in [-0.2, 0) is 0 Å². The molecule has 1 aromatic heterocycles. The molecule has 0 spiro atoms. The lowest BCUT2D eigenvalue weighted by atomic mass is 9.91. The maximum Gasteiger partial charge on any atom is 0.0640 e. The standard InChI is InChI=1S/C42H29NS/c1-4-13-31(14-5-1)36-28-25-33(29-39(36)32-15-6-2-7-16-32)30-23-26-35(27-24-30)43(34-17-8-3-9-18-34)40-21-12-20-38-37-19-10-11-22-41(37)44-42(38)40/h1-29H. The summed E-state index contributed by atoms with van der Waals surface area (Å²) in [7, 11) is 0. The van der Waals surface area contributed by atoms with E-state index < -0.39 is 0 Å². The Morgan fingerprint density at radius 1 is 0.364 bits per heavy atom. The first-order valence-electron chi connectivity index (χ1n) is 14.9. The van der Waals surface area contributed by atoms with E-state index in [1.807, 2.05) is 11.3 Å². The molecule has 1 heterocycles. The second-order valence-electron chi connectivity index (χ2n) is 11.0. The van der Waals surface area contributed by atoms with Crippen LogP contribution in [0.1, 0.15) is 0 Å². The zero-order valence-corrected chi connectivity index (χ0v) is 24.9. The van der Waals surface area contributed by atoms with Gasteiger partial charge in [0.15, 0.2) is 0 Å². The van der Waals surface area contributed by atoms with Gasteiger partial charge in [0.25, 0.3) is 0 Å². The summed E-state index contributed by atoms with van der Waals surface area (Å²) in [6, 6.07) is 63.2. The van der Waals surface area contributed by atoms with Crippen molar-refractivity contribution in [2.24, 2.45) is 0 Å². The van der Waals surface area contributed by atoms with Crippen molar-refractivity contribution in [3.05, 3.63) is 176 Å². The molecule has 0 saturated carbocycles. The maximum atomic E-state index is 2.38. The van der Waals surface area contributed by atoms with Crippen molar-refractivity contribution in [1.29, 1.82) is 0 Å². The molecule has 0 unspecified atom stereocenters. The fourth-order valence-corrected chi connectivity index (χ4v) is 7.37.